The van der Waals surface area contributed by atoms with Crippen LogP contribution in [0.15, 0.2) is 6.20 Å². The van der Waals surface area contributed by atoms with Crippen molar-refractivity contribution < 1.29 is 9.53 Å². The maximum Gasteiger partial charge on any atom is 0.410 e. The molecule has 0 unspecified atom stereocenters. The maximum atomic E-state index is 12.2. The van der Waals surface area contributed by atoms with Gasteiger partial charge in [-0.1, -0.05) is 12.8 Å². The summed E-state index contributed by atoms with van der Waals surface area (Å²) in [5.74, 6) is 1.89. The third-order valence-corrected chi connectivity index (χ3v) is 5.48. The Morgan fingerprint density at radius 1 is 1.21 bits per heavy atom. The van der Waals surface area contributed by atoms with Gasteiger partial charge in [-0.3, -0.25) is 0 Å². The van der Waals surface area contributed by atoms with E-state index >= 15 is 0 Å². The molecule has 0 N–H and O–H groups in total. The Bertz CT molecular complexity index is 580. The van der Waals surface area contributed by atoms with Crippen LogP contribution >= 0.6 is 22.6 Å². The van der Waals surface area contributed by atoms with E-state index in [0.717, 1.165) is 29.6 Å². The second-order valence-corrected chi connectivity index (χ2v) is 9.11. The van der Waals surface area contributed by atoms with Crippen LogP contribution in [0.3, 0.4) is 0 Å². The van der Waals surface area contributed by atoms with Crippen LogP contribution in [0.2, 0.25) is 0 Å². The summed E-state index contributed by atoms with van der Waals surface area (Å²) in [6.45, 7) is 7.27. The molecule has 1 saturated carbocycles. The number of hydrogen-bond acceptors (Lipinski definition) is 3. The lowest BCUT2D eigenvalue weighted by atomic mass is 10.0. The Hall–Kier alpha value is -0.790. The highest BCUT2D eigenvalue weighted by Gasteiger charge is 2.30. The predicted octanol–water partition coefficient (Wildman–Crippen LogP) is 4.72. The van der Waals surface area contributed by atoms with E-state index < -0.39 is 5.60 Å². The van der Waals surface area contributed by atoms with E-state index in [2.05, 4.69) is 33.4 Å². The van der Waals surface area contributed by atoms with Crippen molar-refractivity contribution in [2.45, 2.75) is 76.9 Å². The average molecular weight is 445 g/mol. The first-order valence-corrected chi connectivity index (χ1v) is 10.1. The molecule has 1 aromatic heterocycles. The largest absolute Gasteiger partial charge is 0.444 e. The van der Waals surface area contributed by atoms with Gasteiger partial charge in [-0.05, 0) is 69.0 Å². The number of rotatable bonds is 2. The van der Waals surface area contributed by atoms with Gasteiger partial charge in [0.15, 0.2) is 0 Å². The molecule has 0 radical (unpaired) electrons. The van der Waals surface area contributed by atoms with Gasteiger partial charge in [0.1, 0.15) is 15.1 Å². The van der Waals surface area contributed by atoms with Crippen LogP contribution in [0.5, 0.6) is 0 Å². The first-order chi connectivity index (χ1) is 11.3. The van der Waals surface area contributed by atoms with Crippen LogP contribution in [0.1, 0.15) is 77.1 Å². The number of piperidine rings is 1. The maximum absolute atomic E-state index is 12.2. The van der Waals surface area contributed by atoms with Crippen molar-refractivity contribution in [3.8, 4) is 0 Å². The summed E-state index contributed by atoms with van der Waals surface area (Å²) in [5.41, 5.74) is -0.427. The summed E-state index contributed by atoms with van der Waals surface area (Å²) in [6.07, 6.45) is 9.15. The molecule has 5 nitrogen and oxygen atoms in total. The Labute approximate surface area is 158 Å². The van der Waals surface area contributed by atoms with Gasteiger partial charge in [-0.25, -0.2) is 9.78 Å². The van der Waals surface area contributed by atoms with E-state index in [1.54, 1.807) is 0 Å². The zero-order valence-electron chi connectivity index (χ0n) is 14.9. The molecule has 2 heterocycles. The van der Waals surface area contributed by atoms with E-state index in [1.165, 1.54) is 31.5 Å². The lowest BCUT2D eigenvalue weighted by Gasteiger charge is -2.34. The van der Waals surface area contributed by atoms with Gasteiger partial charge in [0, 0.05) is 31.2 Å². The Morgan fingerprint density at radius 2 is 1.83 bits per heavy atom. The van der Waals surface area contributed by atoms with Gasteiger partial charge in [-0.2, -0.15) is 0 Å². The summed E-state index contributed by atoms with van der Waals surface area (Å²) >= 11 is 2.32. The molecule has 2 aliphatic rings. The predicted molar refractivity (Wildman–Crippen MR) is 102 cm³/mol. The standard InChI is InChI=1S/C18H28IN3O2/c1-18(2,3)24-17(23)21-10-8-14(9-11-21)22-12-15(19)20-16(22)13-6-4-5-7-13/h12-14H,4-11H2,1-3H3. The first kappa shape index (κ1) is 18.0. The van der Waals surface area contributed by atoms with Crippen molar-refractivity contribution in [2.24, 2.45) is 0 Å². The van der Waals surface area contributed by atoms with E-state index in [-0.39, 0.29) is 6.09 Å². The molecule has 0 atom stereocenters. The molecule has 1 amide bonds. The fourth-order valence-corrected chi connectivity index (χ4v) is 4.36. The molecule has 6 heteroatoms. The number of likely N-dealkylation sites (tertiary alicyclic amines) is 1. The van der Waals surface area contributed by atoms with Gasteiger partial charge in [-0.15, -0.1) is 0 Å². The average Bonchev–Trinajstić information content (AvgIpc) is 3.14. The Morgan fingerprint density at radius 3 is 2.42 bits per heavy atom. The molecule has 24 heavy (non-hydrogen) atoms. The van der Waals surface area contributed by atoms with Gasteiger partial charge in [0.2, 0.25) is 0 Å². The highest BCUT2D eigenvalue weighted by atomic mass is 127. The van der Waals surface area contributed by atoms with Crippen molar-refractivity contribution in [3.05, 3.63) is 15.7 Å². The number of aromatic nitrogens is 2. The lowest BCUT2D eigenvalue weighted by Crippen LogP contribution is -2.42. The molecule has 2 fully saturated rings. The molecule has 1 aromatic rings. The van der Waals surface area contributed by atoms with Crippen LogP contribution in [-0.4, -0.2) is 39.2 Å². The minimum Gasteiger partial charge on any atom is -0.444 e. The summed E-state index contributed by atoms with van der Waals surface area (Å²) in [4.78, 5) is 18.9. The van der Waals surface area contributed by atoms with Gasteiger partial charge in [0.05, 0.1) is 0 Å². The van der Waals surface area contributed by atoms with E-state index in [1.807, 2.05) is 25.7 Å². The van der Waals surface area contributed by atoms with E-state index in [4.69, 9.17) is 9.72 Å². The van der Waals surface area contributed by atoms with Crippen molar-refractivity contribution in [2.75, 3.05) is 13.1 Å². The highest BCUT2D eigenvalue weighted by Crippen LogP contribution is 2.36. The molecule has 1 aliphatic carbocycles. The van der Waals surface area contributed by atoms with Crippen LogP contribution < -0.4 is 0 Å². The van der Waals surface area contributed by atoms with E-state index in [0.29, 0.717) is 12.0 Å². The van der Waals surface area contributed by atoms with Crippen molar-refractivity contribution in [1.29, 1.82) is 0 Å². The second-order valence-electron chi connectivity index (χ2n) is 8.01. The molecule has 0 aromatic carbocycles. The lowest BCUT2D eigenvalue weighted by molar-refractivity contribution is 0.0187. The third kappa shape index (κ3) is 4.24. The second kappa shape index (κ2) is 7.22. The molecule has 0 spiro atoms. The van der Waals surface area contributed by atoms with Crippen LogP contribution in [-0.2, 0) is 4.74 Å². The summed E-state index contributed by atoms with van der Waals surface area (Å²) in [7, 11) is 0. The minimum atomic E-state index is -0.427. The van der Waals surface area contributed by atoms with E-state index in [9.17, 15) is 4.79 Å². The molecular formula is C18H28IN3O2. The zero-order valence-corrected chi connectivity index (χ0v) is 17.1. The fraction of sp³-hybridized carbons (Fsp3) is 0.778. The number of nitrogens with zero attached hydrogens (tertiary/aromatic N) is 3. The monoisotopic (exact) mass is 445 g/mol. The summed E-state index contributed by atoms with van der Waals surface area (Å²) in [5, 5.41) is 0. The number of amides is 1. The van der Waals surface area contributed by atoms with Crippen LogP contribution in [0.4, 0.5) is 4.79 Å². The molecular weight excluding hydrogens is 417 g/mol. The molecule has 134 valence electrons. The molecule has 0 bridgehead atoms. The van der Waals surface area contributed by atoms with Gasteiger partial charge >= 0.3 is 6.09 Å². The minimum absolute atomic E-state index is 0.183. The fourth-order valence-electron chi connectivity index (χ4n) is 3.81. The number of imidazole rings is 1. The number of halogens is 1. The van der Waals surface area contributed by atoms with Crippen molar-refractivity contribution in [3.63, 3.8) is 0 Å². The Kier molecular flexibility index (Phi) is 5.42. The van der Waals surface area contributed by atoms with Crippen molar-refractivity contribution >= 4 is 28.7 Å². The first-order valence-electron chi connectivity index (χ1n) is 9.05. The topological polar surface area (TPSA) is 47.4 Å². The SMILES string of the molecule is CC(C)(C)OC(=O)N1CCC(n2cc(I)nc2C2CCCC2)CC1. The normalized spacial score (nSPS) is 20.6. The number of ether oxygens (including phenoxy) is 1. The van der Waals surface area contributed by atoms with Gasteiger partial charge in [0.25, 0.3) is 0 Å². The van der Waals surface area contributed by atoms with Gasteiger partial charge < -0.3 is 14.2 Å². The summed E-state index contributed by atoms with van der Waals surface area (Å²) in [6, 6.07) is 0.454. The quantitative estimate of drug-likeness (QED) is 0.620. The zero-order chi connectivity index (χ0) is 17.3. The highest BCUT2D eigenvalue weighted by molar-refractivity contribution is 14.1. The smallest absolute Gasteiger partial charge is 0.410 e. The number of carbonyl (C=O) groups is 1. The summed E-state index contributed by atoms with van der Waals surface area (Å²) < 4.78 is 8.99. The van der Waals surface area contributed by atoms with Crippen LogP contribution in [0, 0.1) is 3.70 Å². The van der Waals surface area contributed by atoms with Crippen molar-refractivity contribution in [1.82, 2.24) is 14.5 Å². The third-order valence-electron chi connectivity index (χ3n) is 4.96. The number of carbonyl (C=O) groups excluding carboxylic acids is 1. The molecule has 3 rings (SSSR count). The Balaban J connectivity index is 1.64. The number of hydrogen-bond donors (Lipinski definition) is 0. The van der Waals surface area contributed by atoms with Crippen LogP contribution in [0.25, 0.3) is 0 Å². The molecule has 1 saturated heterocycles. The molecule has 1 aliphatic heterocycles.